The van der Waals surface area contributed by atoms with Crippen molar-refractivity contribution in [2.45, 2.75) is 57.0 Å². The van der Waals surface area contributed by atoms with E-state index in [4.69, 9.17) is 32.7 Å². The molecule has 4 rings (SSSR count). The lowest BCUT2D eigenvalue weighted by Gasteiger charge is -2.35. The standard InChI is InChI=1S/C26H34Cl2N2O3/c1-25(19-7-8-21(27)22(28)17-19)11-14-30(24(25)31)20-9-10-26(2,32-3)23(18-20)33-16-15-29-12-5-4-6-13-29/h7-9,17-18H,4-6,10-16H2,1-3H3. The molecular weight excluding hydrogens is 459 g/mol. The van der Waals surface area contributed by atoms with Crippen molar-refractivity contribution in [2.24, 2.45) is 0 Å². The minimum atomic E-state index is -0.639. The summed E-state index contributed by atoms with van der Waals surface area (Å²) in [5, 5.41) is 0.966. The highest BCUT2D eigenvalue weighted by Gasteiger charge is 2.46. The van der Waals surface area contributed by atoms with Gasteiger partial charge in [-0.05, 0) is 63.9 Å². The summed E-state index contributed by atoms with van der Waals surface area (Å²) in [7, 11) is 1.71. The van der Waals surface area contributed by atoms with Crippen molar-refractivity contribution in [1.82, 2.24) is 9.80 Å². The molecular formula is C26H34Cl2N2O3. The zero-order chi connectivity index (χ0) is 23.6. The maximum Gasteiger partial charge on any atom is 0.237 e. The average molecular weight is 493 g/mol. The Bertz CT molecular complexity index is 957. The van der Waals surface area contributed by atoms with Crippen molar-refractivity contribution in [3.8, 4) is 0 Å². The molecule has 2 unspecified atom stereocenters. The topological polar surface area (TPSA) is 42.0 Å². The third-order valence-electron chi connectivity index (χ3n) is 7.49. The number of hydrogen-bond acceptors (Lipinski definition) is 4. The monoisotopic (exact) mass is 492 g/mol. The fourth-order valence-electron chi connectivity index (χ4n) is 4.98. The summed E-state index contributed by atoms with van der Waals surface area (Å²) in [5.41, 5.74) is 0.609. The number of carbonyl (C=O) groups is 1. The van der Waals surface area contributed by atoms with Crippen LogP contribution in [0, 0.1) is 0 Å². The average Bonchev–Trinajstić information content (AvgIpc) is 3.13. The molecule has 2 saturated heterocycles. The third kappa shape index (κ3) is 4.97. The van der Waals surface area contributed by atoms with Gasteiger partial charge in [0.15, 0.2) is 0 Å². The molecule has 1 aromatic rings. The second-order valence-corrected chi connectivity index (χ2v) is 10.5. The first-order chi connectivity index (χ1) is 15.8. The number of likely N-dealkylation sites (tertiary alicyclic amines) is 2. The van der Waals surface area contributed by atoms with Crippen LogP contribution in [0.4, 0.5) is 0 Å². The molecule has 1 aromatic carbocycles. The van der Waals surface area contributed by atoms with Crippen LogP contribution in [-0.4, -0.2) is 61.2 Å². The molecule has 0 N–H and O–H groups in total. The van der Waals surface area contributed by atoms with E-state index in [1.54, 1.807) is 13.2 Å². The second-order valence-electron chi connectivity index (χ2n) is 9.70. The molecule has 1 amide bonds. The fraction of sp³-hybridized carbons (Fsp3) is 0.577. The number of amides is 1. The molecule has 0 radical (unpaired) electrons. The first-order valence-electron chi connectivity index (χ1n) is 11.9. The minimum absolute atomic E-state index is 0.0667. The van der Waals surface area contributed by atoms with Crippen LogP contribution in [-0.2, 0) is 19.7 Å². The third-order valence-corrected chi connectivity index (χ3v) is 8.23. The quantitative estimate of drug-likeness (QED) is 0.499. The Hall–Kier alpha value is -1.53. The molecule has 1 aliphatic carbocycles. The van der Waals surface area contributed by atoms with E-state index < -0.39 is 11.0 Å². The van der Waals surface area contributed by atoms with Crippen LogP contribution in [0.5, 0.6) is 0 Å². The molecule has 0 saturated carbocycles. The van der Waals surface area contributed by atoms with Crippen molar-refractivity contribution < 1.29 is 14.3 Å². The fourth-order valence-corrected chi connectivity index (χ4v) is 5.27. The number of ether oxygens (including phenoxy) is 2. The zero-order valence-corrected chi connectivity index (χ0v) is 21.3. The number of halogens is 2. The molecule has 2 atom stereocenters. The smallest absolute Gasteiger partial charge is 0.237 e. The van der Waals surface area contributed by atoms with Gasteiger partial charge in [-0.25, -0.2) is 0 Å². The van der Waals surface area contributed by atoms with Gasteiger partial charge in [-0.3, -0.25) is 9.69 Å². The predicted molar refractivity (Wildman–Crippen MR) is 133 cm³/mol. The molecule has 180 valence electrons. The highest BCUT2D eigenvalue weighted by atomic mass is 35.5. The van der Waals surface area contributed by atoms with Gasteiger partial charge < -0.3 is 14.4 Å². The van der Waals surface area contributed by atoms with Gasteiger partial charge in [-0.1, -0.05) is 41.8 Å². The lowest BCUT2D eigenvalue weighted by molar-refractivity contribution is -0.130. The molecule has 7 heteroatoms. The summed E-state index contributed by atoms with van der Waals surface area (Å²) in [6.45, 7) is 8.48. The van der Waals surface area contributed by atoms with Crippen molar-refractivity contribution in [1.29, 1.82) is 0 Å². The second kappa shape index (κ2) is 9.99. The van der Waals surface area contributed by atoms with Gasteiger partial charge in [0.25, 0.3) is 0 Å². The van der Waals surface area contributed by atoms with E-state index in [1.165, 1.54) is 19.3 Å². The molecule has 2 heterocycles. The Morgan fingerprint density at radius 3 is 2.52 bits per heavy atom. The molecule has 0 aromatic heterocycles. The Labute approximate surface area is 207 Å². The first-order valence-corrected chi connectivity index (χ1v) is 12.6. The van der Waals surface area contributed by atoms with Crippen LogP contribution in [0.1, 0.15) is 51.5 Å². The van der Waals surface area contributed by atoms with Gasteiger partial charge in [0.2, 0.25) is 5.91 Å². The molecule has 0 spiro atoms. The van der Waals surface area contributed by atoms with Gasteiger partial charge in [0.05, 0.1) is 15.5 Å². The summed E-state index contributed by atoms with van der Waals surface area (Å²) in [6, 6.07) is 5.48. The van der Waals surface area contributed by atoms with Crippen molar-refractivity contribution in [3.05, 3.63) is 57.4 Å². The maximum absolute atomic E-state index is 13.6. The number of allylic oxidation sites excluding steroid dienone is 1. The van der Waals surface area contributed by atoms with Crippen LogP contribution in [0.25, 0.3) is 0 Å². The number of carbonyl (C=O) groups excluding carboxylic acids is 1. The normalized spacial score (nSPS) is 28.6. The van der Waals surface area contributed by atoms with E-state index in [0.717, 1.165) is 36.7 Å². The summed E-state index contributed by atoms with van der Waals surface area (Å²) >= 11 is 12.3. The van der Waals surface area contributed by atoms with Gasteiger partial charge in [0.1, 0.15) is 18.0 Å². The lowest BCUT2D eigenvalue weighted by atomic mass is 9.81. The van der Waals surface area contributed by atoms with Crippen LogP contribution < -0.4 is 0 Å². The SMILES string of the molecule is COC1(C)CC=C(N2CCC(C)(c3ccc(Cl)c(Cl)c3)C2=O)C=C1OCCN1CCCCC1. The van der Waals surface area contributed by atoms with E-state index in [1.807, 2.05) is 37.0 Å². The summed E-state index contributed by atoms with van der Waals surface area (Å²) < 4.78 is 12.1. The number of rotatable bonds is 7. The number of hydrogen-bond donors (Lipinski definition) is 0. The Kier molecular flexibility index (Phi) is 7.44. The summed E-state index contributed by atoms with van der Waals surface area (Å²) in [6.07, 6.45) is 9.29. The van der Waals surface area contributed by atoms with Crippen molar-refractivity contribution in [3.63, 3.8) is 0 Å². The van der Waals surface area contributed by atoms with Crippen molar-refractivity contribution in [2.75, 3.05) is 39.9 Å². The van der Waals surface area contributed by atoms with Crippen LogP contribution in [0.3, 0.4) is 0 Å². The molecule has 5 nitrogen and oxygen atoms in total. The Morgan fingerprint density at radius 2 is 1.82 bits per heavy atom. The van der Waals surface area contributed by atoms with Crippen LogP contribution in [0.2, 0.25) is 10.0 Å². The van der Waals surface area contributed by atoms with E-state index in [-0.39, 0.29) is 5.91 Å². The van der Waals surface area contributed by atoms with E-state index >= 15 is 0 Å². The highest BCUT2D eigenvalue weighted by Crippen LogP contribution is 2.41. The summed E-state index contributed by atoms with van der Waals surface area (Å²) in [5.74, 6) is 0.854. The van der Waals surface area contributed by atoms with Gasteiger partial charge in [-0.15, -0.1) is 0 Å². The van der Waals surface area contributed by atoms with Crippen molar-refractivity contribution >= 4 is 29.1 Å². The number of methoxy groups -OCH3 is 1. The first kappa shape index (κ1) is 24.6. The van der Waals surface area contributed by atoms with E-state index in [9.17, 15) is 4.79 Å². The molecule has 0 bridgehead atoms. The predicted octanol–water partition coefficient (Wildman–Crippen LogP) is 5.56. The summed E-state index contributed by atoms with van der Waals surface area (Å²) in [4.78, 5) is 17.9. The Balaban J connectivity index is 1.49. The minimum Gasteiger partial charge on any atom is -0.493 e. The molecule has 3 aliphatic rings. The van der Waals surface area contributed by atoms with E-state index in [2.05, 4.69) is 11.0 Å². The maximum atomic E-state index is 13.6. The number of benzene rings is 1. The van der Waals surface area contributed by atoms with Gasteiger partial charge in [-0.2, -0.15) is 0 Å². The Morgan fingerprint density at radius 1 is 1.06 bits per heavy atom. The zero-order valence-electron chi connectivity index (χ0n) is 19.8. The number of nitrogens with zero attached hydrogens (tertiary/aromatic N) is 2. The largest absolute Gasteiger partial charge is 0.493 e. The van der Waals surface area contributed by atoms with Crippen LogP contribution in [0.15, 0.2) is 41.8 Å². The van der Waals surface area contributed by atoms with E-state index in [0.29, 0.717) is 36.0 Å². The molecule has 2 aliphatic heterocycles. The molecule has 2 fully saturated rings. The molecule has 33 heavy (non-hydrogen) atoms. The van der Waals surface area contributed by atoms with Crippen LogP contribution >= 0.6 is 23.2 Å². The lowest BCUT2D eigenvalue weighted by Crippen LogP contribution is -2.39. The highest BCUT2D eigenvalue weighted by molar-refractivity contribution is 6.42. The number of piperidine rings is 1. The van der Waals surface area contributed by atoms with Gasteiger partial charge in [0, 0.05) is 38.4 Å². The van der Waals surface area contributed by atoms with Gasteiger partial charge >= 0.3 is 0 Å².